The maximum atomic E-state index is 12.7. The number of aldehydes is 1. The molecule has 1 nitrogen and oxygen atoms in total. The highest BCUT2D eigenvalue weighted by Gasteiger charge is 2.35. The number of hydrogen-bond donors (Lipinski definition) is 0. The van der Waals surface area contributed by atoms with Crippen molar-refractivity contribution in [3.05, 3.63) is 34.3 Å². The number of alkyl halides is 3. The molecule has 0 heterocycles. The van der Waals surface area contributed by atoms with Crippen LogP contribution in [0.4, 0.5) is 13.2 Å². The van der Waals surface area contributed by atoms with Crippen LogP contribution in [0.3, 0.4) is 0 Å². The molecule has 0 bridgehead atoms. The molecule has 0 saturated carbocycles. The van der Waals surface area contributed by atoms with Gasteiger partial charge in [-0.05, 0) is 23.6 Å². The Kier molecular flexibility index (Phi) is 3.97. The SMILES string of the molecule is CC(CC=O)c1c(Cl)cccc1C(F)(F)F. The van der Waals surface area contributed by atoms with Gasteiger partial charge in [-0.1, -0.05) is 24.6 Å². The van der Waals surface area contributed by atoms with Crippen LogP contribution in [0.2, 0.25) is 5.02 Å². The summed E-state index contributed by atoms with van der Waals surface area (Å²) in [4.78, 5) is 10.3. The Bertz CT molecular complexity index is 387. The summed E-state index contributed by atoms with van der Waals surface area (Å²) in [5.74, 6) is -0.539. The number of benzene rings is 1. The largest absolute Gasteiger partial charge is 0.416 e. The van der Waals surface area contributed by atoms with E-state index in [1.165, 1.54) is 12.1 Å². The third kappa shape index (κ3) is 2.76. The van der Waals surface area contributed by atoms with E-state index in [2.05, 4.69) is 0 Å². The van der Waals surface area contributed by atoms with Crippen LogP contribution in [-0.4, -0.2) is 6.29 Å². The van der Waals surface area contributed by atoms with Crippen LogP contribution < -0.4 is 0 Å². The van der Waals surface area contributed by atoms with E-state index in [9.17, 15) is 18.0 Å². The third-order valence-corrected chi connectivity index (χ3v) is 2.63. The van der Waals surface area contributed by atoms with Gasteiger partial charge < -0.3 is 4.79 Å². The summed E-state index contributed by atoms with van der Waals surface area (Å²) < 4.78 is 38.0. The normalized spacial score (nSPS) is 13.6. The molecule has 0 aliphatic heterocycles. The third-order valence-electron chi connectivity index (χ3n) is 2.30. The summed E-state index contributed by atoms with van der Waals surface area (Å²) in [6.07, 6.45) is -3.83. The lowest BCUT2D eigenvalue weighted by Crippen LogP contribution is -2.11. The first-order chi connectivity index (χ1) is 7.38. The fourth-order valence-corrected chi connectivity index (χ4v) is 1.91. The van der Waals surface area contributed by atoms with Gasteiger partial charge in [-0.25, -0.2) is 0 Å². The van der Waals surface area contributed by atoms with E-state index >= 15 is 0 Å². The van der Waals surface area contributed by atoms with Crippen LogP contribution in [-0.2, 0) is 11.0 Å². The van der Waals surface area contributed by atoms with E-state index in [1.807, 2.05) is 0 Å². The molecule has 0 N–H and O–H groups in total. The van der Waals surface area contributed by atoms with E-state index in [0.29, 0.717) is 6.29 Å². The summed E-state index contributed by atoms with van der Waals surface area (Å²) in [6, 6.07) is 3.62. The maximum absolute atomic E-state index is 12.7. The van der Waals surface area contributed by atoms with Crippen molar-refractivity contribution < 1.29 is 18.0 Å². The highest BCUT2D eigenvalue weighted by Crippen LogP contribution is 2.39. The molecule has 16 heavy (non-hydrogen) atoms. The van der Waals surface area contributed by atoms with Crippen LogP contribution in [0.25, 0.3) is 0 Å². The molecule has 0 radical (unpaired) electrons. The fraction of sp³-hybridized carbons (Fsp3) is 0.364. The van der Waals surface area contributed by atoms with Crippen LogP contribution in [0, 0.1) is 0 Å². The average Bonchev–Trinajstić information content (AvgIpc) is 2.16. The second-order valence-corrected chi connectivity index (χ2v) is 3.91. The Morgan fingerprint density at radius 3 is 2.56 bits per heavy atom. The second kappa shape index (κ2) is 4.87. The van der Waals surface area contributed by atoms with Crippen molar-refractivity contribution in [1.82, 2.24) is 0 Å². The van der Waals surface area contributed by atoms with Gasteiger partial charge in [0, 0.05) is 11.4 Å². The molecule has 1 unspecified atom stereocenters. The number of carbonyl (C=O) groups is 1. The van der Waals surface area contributed by atoms with Crippen molar-refractivity contribution in [2.75, 3.05) is 0 Å². The predicted molar refractivity (Wildman–Crippen MR) is 55.6 cm³/mol. The van der Waals surface area contributed by atoms with E-state index in [4.69, 9.17) is 11.6 Å². The van der Waals surface area contributed by atoms with Gasteiger partial charge in [-0.2, -0.15) is 13.2 Å². The molecule has 0 saturated heterocycles. The maximum Gasteiger partial charge on any atom is 0.416 e. The Hall–Kier alpha value is -1.03. The van der Waals surface area contributed by atoms with Gasteiger partial charge >= 0.3 is 6.18 Å². The van der Waals surface area contributed by atoms with Crippen LogP contribution in [0.5, 0.6) is 0 Å². The zero-order chi connectivity index (χ0) is 12.3. The summed E-state index contributed by atoms with van der Waals surface area (Å²) in [7, 11) is 0. The number of hydrogen-bond acceptors (Lipinski definition) is 1. The molecule has 0 aliphatic carbocycles. The Morgan fingerprint density at radius 1 is 1.44 bits per heavy atom. The smallest absolute Gasteiger partial charge is 0.303 e. The quantitative estimate of drug-likeness (QED) is 0.740. The molecule has 0 aliphatic rings. The highest BCUT2D eigenvalue weighted by molar-refractivity contribution is 6.31. The van der Waals surface area contributed by atoms with Gasteiger partial charge in [0.15, 0.2) is 0 Å². The van der Waals surface area contributed by atoms with Crippen LogP contribution >= 0.6 is 11.6 Å². The van der Waals surface area contributed by atoms with Crippen LogP contribution in [0.1, 0.15) is 30.4 Å². The van der Waals surface area contributed by atoms with Crippen molar-refractivity contribution in [3.8, 4) is 0 Å². The summed E-state index contributed by atoms with van der Waals surface area (Å²) in [5, 5.41) is 0.0455. The Labute approximate surface area is 96.2 Å². The zero-order valence-corrected chi connectivity index (χ0v) is 9.27. The van der Waals surface area contributed by atoms with E-state index in [0.717, 1.165) is 6.07 Å². The van der Waals surface area contributed by atoms with Gasteiger partial charge in [-0.15, -0.1) is 0 Å². The van der Waals surface area contributed by atoms with Gasteiger partial charge in [-0.3, -0.25) is 0 Å². The van der Waals surface area contributed by atoms with Crippen LogP contribution in [0.15, 0.2) is 18.2 Å². The molecule has 1 rings (SSSR count). The lowest BCUT2D eigenvalue weighted by molar-refractivity contribution is -0.138. The first kappa shape index (κ1) is 13.0. The second-order valence-electron chi connectivity index (χ2n) is 3.50. The molecule has 1 atom stereocenters. The topological polar surface area (TPSA) is 17.1 Å². The van der Waals surface area contributed by atoms with Gasteiger partial charge in [0.1, 0.15) is 6.29 Å². The minimum absolute atomic E-state index is 0.0104. The number of rotatable bonds is 3. The lowest BCUT2D eigenvalue weighted by Gasteiger charge is -2.18. The summed E-state index contributed by atoms with van der Waals surface area (Å²) in [5.41, 5.74) is -0.780. The fourth-order valence-electron chi connectivity index (χ4n) is 1.55. The molecule has 1 aromatic rings. The molecule has 88 valence electrons. The van der Waals surface area contributed by atoms with E-state index in [1.54, 1.807) is 6.92 Å². The van der Waals surface area contributed by atoms with Crippen molar-refractivity contribution >= 4 is 17.9 Å². The molecule has 0 spiro atoms. The summed E-state index contributed by atoms with van der Waals surface area (Å²) >= 11 is 5.75. The molecule has 1 aromatic carbocycles. The predicted octanol–water partition coefficient (Wildman–Crippen LogP) is 4.05. The molecular formula is C11H10ClF3O. The zero-order valence-electron chi connectivity index (χ0n) is 8.51. The average molecular weight is 251 g/mol. The number of carbonyl (C=O) groups excluding carboxylic acids is 1. The van der Waals surface area contributed by atoms with Crippen molar-refractivity contribution in [1.29, 1.82) is 0 Å². The molecule has 0 amide bonds. The van der Waals surface area contributed by atoms with Crippen molar-refractivity contribution in [2.24, 2.45) is 0 Å². The van der Waals surface area contributed by atoms with Gasteiger partial charge in [0.25, 0.3) is 0 Å². The first-order valence-electron chi connectivity index (χ1n) is 4.67. The lowest BCUT2D eigenvalue weighted by atomic mass is 9.93. The van der Waals surface area contributed by atoms with Crippen molar-refractivity contribution in [2.45, 2.75) is 25.4 Å². The Morgan fingerprint density at radius 2 is 2.06 bits per heavy atom. The minimum atomic E-state index is -4.45. The van der Waals surface area contributed by atoms with Crippen molar-refractivity contribution in [3.63, 3.8) is 0 Å². The molecule has 5 heteroatoms. The first-order valence-corrected chi connectivity index (χ1v) is 5.05. The summed E-state index contributed by atoms with van der Waals surface area (Å²) in [6.45, 7) is 1.55. The molecule has 0 aromatic heterocycles. The molecule has 0 fully saturated rings. The molecular weight excluding hydrogens is 241 g/mol. The Balaban J connectivity index is 3.29. The monoisotopic (exact) mass is 250 g/mol. The van der Waals surface area contributed by atoms with Gasteiger partial charge in [0.05, 0.1) is 5.56 Å². The van der Waals surface area contributed by atoms with E-state index < -0.39 is 17.7 Å². The van der Waals surface area contributed by atoms with E-state index in [-0.39, 0.29) is 17.0 Å². The minimum Gasteiger partial charge on any atom is -0.303 e. The highest BCUT2D eigenvalue weighted by atomic mass is 35.5. The van der Waals surface area contributed by atoms with Gasteiger partial charge in [0.2, 0.25) is 0 Å². The standard InChI is InChI=1S/C11H10ClF3O/c1-7(5-6-16)10-8(11(13,14)15)3-2-4-9(10)12/h2-4,6-7H,5H2,1H3. The number of halogens is 4.